The highest BCUT2D eigenvalue weighted by atomic mass is 35.5. The van der Waals surface area contributed by atoms with Crippen molar-refractivity contribution in [3.63, 3.8) is 0 Å². The van der Waals surface area contributed by atoms with Gasteiger partial charge in [-0.15, -0.1) is 0 Å². The van der Waals surface area contributed by atoms with Gasteiger partial charge in [0.15, 0.2) is 0 Å². The average molecular weight is 275 g/mol. The van der Waals surface area contributed by atoms with Crippen LogP contribution in [0.2, 0.25) is 0 Å². The summed E-state index contributed by atoms with van der Waals surface area (Å²) in [5, 5.41) is -0.491. The number of hydrogen-bond acceptors (Lipinski definition) is 2. The second kappa shape index (κ2) is 5.89. The number of ether oxygens (including phenoxy) is 1. The summed E-state index contributed by atoms with van der Waals surface area (Å²) in [5.41, 5.74) is 3.39. The predicted octanol–water partition coefficient (Wildman–Crippen LogP) is 4.26. The van der Waals surface area contributed by atoms with Crippen LogP contribution in [0.15, 0.2) is 42.5 Å². The van der Waals surface area contributed by atoms with E-state index in [1.807, 2.05) is 50.2 Å². The zero-order chi connectivity index (χ0) is 13.8. The molecule has 2 rings (SSSR count). The summed E-state index contributed by atoms with van der Waals surface area (Å²) in [6.07, 6.45) is 0. The van der Waals surface area contributed by atoms with Gasteiger partial charge in [0.25, 0.3) is 5.24 Å². The molecule has 0 bridgehead atoms. The zero-order valence-electron chi connectivity index (χ0n) is 10.9. The normalized spacial score (nSPS) is 10.3. The van der Waals surface area contributed by atoms with Crippen molar-refractivity contribution in [3.8, 4) is 5.75 Å². The molecular formula is C16H15ClO2. The predicted molar refractivity (Wildman–Crippen MR) is 76.9 cm³/mol. The van der Waals surface area contributed by atoms with Gasteiger partial charge in [0.1, 0.15) is 12.4 Å². The summed E-state index contributed by atoms with van der Waals surface area (Å²) >= 11 is 5.62. The van der Waals surface area contributed by atoms with Crippen LogP contribution >= 0.6 is 11.6 Å². The summed E-state index contributed by atoms with van der Waals surface area (Å²) in [4.78, 5) is 11.5. The SMILES string of the molecule is Cc1cc(C)c(OCc2ccccc2)c(C(=O)Cl)c1. The quantitative estimate of drug-likeness (QED) is 0.779. The first kappa shape index (κ1) is 13.6. The molecule has 0 aliphatic carbocycles. The van der Waals surface area contributed by atoms with E-state index in [0.29, 0.717) is 17.9 Å². The fourth-order valence-corrected chi connectivity index (χ4v) is 2.16. The van der Waals surface area contributed by atoms with Crippen molar-refractivity contribution < 1.29 is 9.53 Å². The van der Waals surface area contributed by atoms with E-state index < -0.39 is 5.24 Å². The van der Waals surface area contributed by atoms with Gasteiger partial charge in [-0.25, -0.2) is 0 Å². The lowest BCUT2D eigenvalue weighted by Crippen LogP contribution is -2.03. The Morgan fingerprint density at radius 3 is 2.47 bits per heavy atom. The Bertz CT molecular complexity index is 591. The molecule has 0 aromatic heterocycles. The van der Waals surface area contributed by atoms with Gasteiger partial charge in [0.2, 0.25) is 0 Å². The molecule has 0 aliphatic rings. The second-order valence-electron chi connectivity index (χ2n) is 4.51. The maximum Gasteiger partial charge on any atom is 0.256 e. The van der Waals surface area contributed by atoms with Gasteiger partial charge in [-0.1, -0.05) is 36.4 Å². The number of aryl methyl sites for hydroxylation is 2. The minimum absolute atomic E-state index is 0.419. The van der Waals surface area contributed by atoms with Crippen LogP contribution in [0.5, 0.6) is 5.75 Å². The highest BCUT2D eigenvalue weighted by Gasteiger charge is 2.14. The first-order valence-electron chi connectivity index (χ1n) is 6.05. The van der Waals surface area contributed by atoms with Crippen LogP contribution in [0.3, 0.4) is 0 Å². The van der Waals surface area contributed by atoms with Crippen molar-refractivity contribution in [2.24, 2.45) is 0 Å². The largest absolute Gasteiger partial charge is 0.488 e. The molecule has 0 amide bonds. The molecule has 0 atom stereocenters. The molecule has 0 spiro atoms. The Balaban J connectivity index is 2.27. The van der Waals surface area contributed by atoms with E-state index in [1.165, 1.54) is 0 Å². The highest BCUT2D eigenvalue weighted by molar-refractivity contribution is 6.68. The number of hydrogen-bond donors (Lipinski definition) is 0. The monoisotopic (exact) mass is 274 g/mol. The third kappa shape index (κ3) is 3.36. The van der Waals surface area contributed by atoms with Crippen molar-refractivity contribution >= 4 is 16.8 Å². The van der Waals surface area contributed by atoms with Crippen LogP contribution in [0, 0.1) is 13.8 Å². The number of carbonyl (C=O) groups excluding carboxylic acids is 1. The van der Waals surface area contributed by atoms with Crippen molar-refractivity contribution in [3.05, 3.63) is 64.7 Å². The van der Waals surface area contributed by atoms with E-state index in [-0.39, 0.29) is 0 Å². The topological polar surface area (TPSA) is 26.3 Å². The van der Waals surface area contributed by atoms with Gasteiger partial charge in [-0.2, -0.15) is 0 Å². The van der Waals surface area contributed by atoms with Crippen molar-refractivity contribution in [1.29, 1.82) is 0 Å². The van der Waals surface area contributed by atoms with Crippen LogP contribution in [-0.4, -0.2) is 5.24 Å². The molecule has 0 unspecified atom stereocenters. The molecule has 0 aliphatic heterocycles. The van der Waals surface area contributed by atoms with Gasteiger partial charge < -0.3 is 4.74 Å². The molecule has 19 heavy (non-hydrogen) atoms. The molecule has 0 saturated carbocycles. The Morgan fingerprint density at radius 2 is 1.84 bits per heavy atom. The summed E-state index contributed by atoms with van der Waals surface area (Å²) in [6, 6.07) is 13.5. The van der Waals surface area contributed by atoms with Crippen molar-refractivity contribution in [2.75, 3.05) is 0 Å². The van der Waals surface area contributed by atoms with E-state index >= 15 is 0 Å². The second-order valence-corrected chi connectivity index (χ2v) is 4.85. The number of halogens is 1. The molecule has 3 heteroatoms. The molecule has 0 radical (unpaired) electrons. The molecule has 0 heterocycles. The number of benzene rings is 2. The molecule has 2 aromatic rings. The van der Waals surface area contributed by atoms with Gasteiger partial charge in [0, 0.05) is 0 Å². The summed E-state index contributed by atoms with van der Waals surface area (Å²) in [6.45, 7) is 4.26. The van der Waals surface area contributed by atoms with E-state index in [1.54, 1.807) is 6.07 Å². The molecule has 98 valence electrons. The van der Waals surface area contributed by atoms with Crippen molar-refractivity contribution in [2.45, 2.75) is 20.5 Å². The minimum Gasteiger partial charge on any atom is -0.488 e. The Hall–Kier alpha value is -1.80. The van der Waals surface area contributed by atoms with Gasteiger partial charge in [0.05, 0.1) is 5.56 Å². The highest BCUT2D eigenvalue weighted by Crippen LogP contribution is 2.27. The Morgan fingerprint density at radius 1 is 1.16 bits per heavy atom. The van der Waals surface area contributed by atoms with Crippen LogP contribution < -0.4 is 4.74 Å². The lowest BCUT2D eigenvalue weighted by Gasteiger charge is -2.13. The fourth-order valence-electron chi connectivity index (χ4n) is 2.02. The molecule has 0 saturated heterocycles. The maximum absolute atomic E-state index is 11.5. The third-order valence-electron chi connectivity index (χ3n) is 2.86. The fraction of sp³-hybridized carbons (Fsp3) is 0.188. The molecule has 2 nitrogen and oxygen atoms in total. The Kier molecular flexibility index (Phi) is 4.23. The van der Waals surface area contributed by atoms with E-state index in [2.05, 4.69) is 0 Å². The molecule has 0 fully saturated rings. The Labute approximate surface area is 118 Å². The van der Waals surface area contributed by atoms with E-state index in [0.717, 1.165) is 16.7 Å². The zero-order valence-corrected chi connectivity index (χ0v) is 11.7. The third-order valence-corrected chi connectivity index (χ3v) is 3.06. The molecule has 2 aromatic carbocycles. The van der Waals surface area contributed by atoms with E-state index in [9.17, 15) is 4.79 Å². The maximum atomic E-state index is 11.5. The van der Waals surface area contributed by atoms with Gasteiger partial charge in [-0.05, 0) is 48.2 Å². The van der Waals surface area contributed by atoms with E-state index in [4.69, 9.17) is 16.3 Å². The first-order valence-corrected chi connectivity index (χ1v) is 6.43. The average Bonchev–Trinajstić information content (AvgIpc) is 2.38. The van der Waals surface area contributed by atoms with Crippen molar-refractivity contribution in [1.82, 2.24) is 0 Å². The van der Waals surface area contributed by atoms with Crippen LogP contribution in [0.4, 0.5) is 0 Å². The van der Waals surface area contributed by atoms with Crippen LogP contribution in [0.25, 0.3) is 0 Å². The van der Waals surface area contributed by atoms with Gasteiger partial charge >= 0.3 is 0 Å². The van der Waals surface area contributed by atoms with Crippen LogP contribution in [0.1, 0.15) is 27.0 Å². The van der Waals surface area contributed by atoms with Gasteiger partial charge in [-0.3, -0.25) is 4.79 Å². The first-order chi connectivity index (χ1) is 9.08. The number of rotatable bonds is 4. The lowest BCUT2D eigenvalue weighted by atomic mass is 10.1. The van der Waals surface area contributed by atoms with Crippen LogP contribution in [-0.2, 0) is 6.61 Å². The number of carbonyl (C=O) groups is 1. The smallest absolute Gasteiger partial charge is 0.256 e. The summed E-state index contributed by atoms with van der Waals surface area (Å²) in [5.74, 6) is 0.564. The minimum atomic E-state index is -0.491. The standard InChI is InChI=1S/C16H15ClO2/c1-11-8-12(2)15(14(9-11)16(17)18)19-10-13-6-4-3-5-7-13/h3-9H,10H2,1-2H3. The summed E-state index contributed by atoms with van der Waals surface area (Å²) < 4.78 is 5.76. The molecular weight excluding hydrogens is 260 g/mol. The molecule has 0 N–H and O–H groups in total. The lowest BCUT2D eigenvalue weighted by molar-refractivity contribution is 0.107. The summed E-state index contributed by atoms with van der Waals surface area (Å²) in [7, 11) is 0.